The maximum Gasteiger partial charge on any atom is 0.263 e. The summed E-state index contributed by atoms with van der Waals surface area (Å²) in [6.45, 7) is 1.87. The topological polar surface area (TPSA) is 39.2 Å². The highest BCUT2D eigenvalue weighted by Gasteiger charge is 2.08. The molecule has 13 heavy (non-hydrogen) atoms. The minimum atomic E-state index is 0.350. The van der Waals surface area contributed by atoms with Gasteiger partial charge in [0.15, 0.2) is 5.76 Å². The van der Waals surface area contributed by atoms with Crippen molar-refractivity contribution in [3.8, 4) is 11.7 Å². The van der Waals surface area contributed by atoms with Gasteiger partial charge in [-0.1, -0.05) is 0 Å². The van der Waals surface area contributed by atoms with Gasteiger partial charge in [0.05, 0.1) is 11.6 Å². The van der Waals surface area contributed by atoms with Crippen molar-refractivity contribution in [3.05, 3.63) is 29.9 Å². The van der Waals surface area contributed by atoms with Crippen molar-refractivity contribution in [2.24, 2.45) is 0 Å². The van der Waals surface area contributed by atoms with Crippen LogP contribution in [0, 0.1) is 6.92 Å². The summed E-state index contributed by atoms with van der Waals surface area (Å²) in [5.74, 6) is 2.29. The number of hydrogen-bond donors (Lipinski definition) is 0. The van der Waals surface area contributed by atoms with E-state index in [0.717, 1.165) is 5.76 Å². The van der Waals surface area contributed by atoms with Crippen molar-refractivity contribution >= 4 is 11.6 Å². The van der Waals surface area contributed by atoms with Gasteiger partial charge in [-0.3, -0.25) is 0 Å². The lowest BCUT2D eigenvalue weighted by Crippen LogP contribution is -1.76. The fourth-order valence-electron chi connectivity index (χ4n) is 1.03. The molecular formula is C9H8ClNO2. The maximum atomic E-state index is 5.58. The molecule has 0 unspecified atom stereocenters. The molecule has 2 heterocycles. The Kier molecular flexibility index (Phi) is 2.10. The predicted octanol–water partition coefficient (Wildman–Crippen LogP) is 2.98. The van der Waals surface area contributed by atoms with Crippen molar-refractivity contribution in [2.75, 3.05) is 0 Å². The molecule has 0 spiro atoms. The van der Waals surface area contributed by atoms with E-state index in [-0.39, 0.29) is 0 Å². The van der Waals surface area contributed by atoms with Gasteiger partial charge in [0, 0.05) is 0 Å². The summed E-state index contributed by atoms with van der Waals surface area (Å²) < 4.78 is 10.5. The summed E-state index contributed by atoms with van der Waals surface area (Å²) in [5, 5.41) is 0. The number of furan rings is 1. The molecule has 3 nitrogen and oxygen atoms in total. The third-order valence-electron chi connectivity index (χ3n) is 1.64. The normalized spacial score (nSPS) is 10.6. The van der Waals surface area contributed by atoms with Crippen LogP contribution in [0.4, 0.5) is 0 Å². The molecule has 0 aliphatic rings. The highest BCUT2D eigenvalue weighted by atomic mass is 35.5. The minimum absolute atomic E-state index is 0.350. The average molecular weight is 198 g/mol. The molecule has 0 radical (unpaired) electrons. The number of halogens is 1. The standard InChI is InChI=1S/C9H8ClNO2/c1-6-2-3-8(13-6)9-11-7(4-10)5-12-9/h2-3,5H,4H2,1H3. The first-order valence-electron chi connectivity index (χ1n) is 3.87. The molecule has 2 aromatic rings. The summed E-state index contributed by atoms with van der Waals surface area (Å²) in [6, 6.07) is 3.68. The van der Waals surface area contributed by atoms with Crippen LogP contribution in [-0.4, -0.2) is 4.98 Å². The Balaban J connectivity index is 2.35. The summed E-state index contributed by atoms with van der Waals surface area (Å²) in [7, 11) is 0. The Morgan fingerprint density at radius 2 is 2.31 bits per heavy atom. The molecule has 2 rings (SSSR count). The van der Waals surface area contributed by atoms with E-state index in [1.54, 1.807) is 0 Å². The molecule has 0 aliphatic heterocycles. The van der Waals surface area contributed by atoms with Crippen LogP contribution in [0.15, 0.2) is 27.2 Å². The smallest absolute Gasteiger partial charge is 0.263 e. The first-order chi connectivity index (χ1) is 6.29. The van der Waals surface area contributed by atoms with Crippen LogP contribution < -0.4 is 0 Å². The molecule has 0 saturated heterocycles. The largest absolute Gasteiger partial charge is 0.456 e. The summed E-state index contributed by atoms with van der Waals surface area (Å²) >= 11 is 5.58. The summed E-state index contributed by atoms with van der Waals surface area (Å²) in [6.07, 6.45) is 1.53. The number of aryl methyl sites for hydroxylation is 1. The second kappa shape index (κ2) is 3.26. The van der Waals surface area contributed by atoms with Gasteiger partial charge in [-0.2, -0.15) is 0 Å². The Morgan fingerprint density at radius 1 is 1.46 bits per heavy atom. The zero-order chi connectivity index (χ0) is 9.26. The maximum absolute atomic E-state index is 5.58. The molecule has 0 bridgehead atoms. The quantitative estimate of drug-likeness (QED) is 0.695. The van der Waals surface area contributed by atoms with Crippen LogP contribution in [-0.2, 0) is 5.88 Å². The van der Waals surface area contributed by atoms with Gasteiger partial charge in [-0.05, 0) is 19.1 Å². The molecule has 0 saturated carbocycles. The van der Waals surface area contributed by atoms with Gasteiger partial charge >= 0.3 is 0 Å². The molecule has 0 N–H and O–H groups in total. The average Bonchev–Trinajstić information content (AvgIpc) is 2.71. The van der Waals surface area contributed by atoms with Crippen LogP contribution in [0.3, 0.4) is 0 Å². The lowest BCUT2D eigenvalue weighted by Gasteiger charge is -1.86. The van der Waals surface area contributed by atoms with E-state index < -0.39 is 0 Å². The molecule has 2 aromatic heterocycles. The van der Waals surface area contributed by atoms with E-state index in [2.05, 4.69) is 4.98 Å². The van der Waals surface area contributed by atoms with Gasteiger partial charge in [-0.15, -0.1) is 11.6 Å². The SMILES string of the molecule is Cc1ccc(-c2nc(CCl)co2)o1. The number of alkyl halides is 1. The van der Waals surface area contributed by atoms with Gasteiger partial charge in [-0.25, -0.2) is 4.98 Å². The number of hydrogen-bond acceptors (Lipinski definition) is 3. The van der Waals surface area contributed by atoms with Crippen LogP contribution >= 0.6 is 11.6 Å². The molecule has 0 aliphatic carbocycles. The molecule has 4 heteroatoms. The Morgan fingerprint density at radius 3 is 2.85 bits per heavy atom. The van der Waals surface area contributed by atoms with E-state index in [0.29, 0.717) is 23.2 Å². The lowest BCUT2D eigenvalue weighted by molar-refractivity contribution is 0.501. The van der Waals surface area contributed by atoms with Crippen molar-refractivity contribution in [1.82, 2.24) is 4.98 Å². The van der Waals surface area contributed by atoms with Crippen LogP contribution in [0.5, 0.6) is 0 Å². The van der Waals surface area contributed by atoms with Gasteiger partial charge in [0.25, 0.3) is 5.89 Å². The highest BCUT2D eigenvalue weighted by Crippen LogP contribution is 2.21. The molecular weight excluding hydrogens is 190 g/mol. The summed E-state index contributed by atoms with van der Waals surface area (Å²) in [5.41, 5.74) is 0.714. The Labute approximate surface area is 80.3 Å². The van der Waals surface area contributed by atoms with E-state index in [4.69, 9.17) is 20.4 Å². The molecule has 68 valence electrons. The van der Waals surface area contributed by atoms with Crippen molar-refractivity contribution in [3.63, 3.8) is 0 Å². The first-order valence-corrected chi connectivity index (χ1v) is 4.40. The second-order valence-electron chi connectivity index (χ2n) is 2.69. The van der Waals surface area contributed by atoms with Gasteiger partial charge in [0.1, 0.15) is 12.0 Å². The van der Waals surface area contributed by atoms with E-state index in [1.165, 1.54) is 6.26 Å². The van der Waals surface area contributed by atoms with Gasteiger partial charge < -0.3 is 8.83 Å². The Hall–Kier alpha value is -1.22. The third kappa shape index (κ3) is 1.60. The van der Waals surface area contributed by atoms with Crippen LogP contribution in [0.25, 0.3) is 11.7 Å². The predicted molar refractivity (Wildman–Crippen MR) is 48.5 cm³/mol. The van der Waals surface area contributed by atoms with E-state index in [1.807, 2.05) is 19.1 Å². The third-order valence-corrected chi connectivity index (χ3v) is 1.91. The van der Waals surface area contributed by atoms with Crippen molar-refractivity contribution in [2.45, 2.75) is 12.8 Å². The van der Waals surface area contributed by atoms with Crippen molar-refractivity contribution < 1.29 is 8.83 Å². The number of rotatable bonds is 2. The molecule has 0 aromatic carbocycles. The zero-order valence-corrected chi connectivity index (χ0v) is 7.84. The molecule has 0 fully saturated rings. The lowest BCUT2D eigenvalue weighted by atomic mass is 10.4. The molecule has 0 amide bonds. The Bertz CT molecular complexity index is 405. The fourth-order valence-corrected chi connectivity index (χ4v) is 1.15. The zero-order valence-electron chi connectivity index (χ0n) is 7.08. The van der Waals surface area contributed by atoms with Crippen LogP contribution in [0.1, 0.15) is 11.5 Å². The van der Waals surface area contributed by atoms with Gasteiger partial charge in [0.2, 0.25) is 0 Å². The van der Waals surface area contributed by atoms with Crippen molar-refractivity contribution in [1.29, 1.82) is 0 Å². The fraction of sp³-hybridized carbons (Fsp3) is 0.222. The number of nitrogens with zero attached hydrogens (tertiary/aromatic N) is 1. The second-order valence-corrected chi connectivity index (χ2v) is 2.96. The monoisotopic (exact) mass is 197 g/mol. The van der Waals surface area contributed by atoms with E-state index >= 15 is 0 Å². The summed E-state index contributed by atoms with van der Waals surface area (Å²) in [4.78, 5) is 4.12. The van der Waals surface area contributed by atoms with E-state index in [9.17, 15) is 0 Å². The number of oxazole rings is 1. The minimum Gasteiger partial charge on any atom is -0.456 e. The highest BCUT2D eigenvalue weighted by molar-refractivity contribution is 6.16. The molecule has 0 atom stereocenters. The van der Waals surface area contributed by atoms with Crippen LogP contribution in [0.2, 0.25) is 0 Å². The number of aromatic nitrogens is 1. The first kappa shape index (κ1) is 8.38.